The summed E-state index contributed by atoms with van der Waals surface area (Å²) < 4.78 is 0. The van der Waals surface area contributed by atoms with E-state index in [0.29, 0.717) is 0 Å². The first-order valence-electron chi connectivity index (χ1n) is 17.9. The summed E-state index contributed by atoms with van der Waals surface area (Å²) in [4.78, 5) is 4.99. The highest BCUT2D eigenvalue weighted by Crippen LogP contribution is 2.46. The fourth-order valence-corrected chi connectivity index (χ4v) is 7.78. The van der Waals surface area contributed by atoms with Crippen LogP contribution in [-0.2, 0) is 5.41 Å². The summed E-state index contributed by atoms with van der Waals surface area (Å²) in [5.41, 5.74) is 14.2. The Hall–Kier alpha value is -6.05. The van der Waals surface area contributed by atoms with E-state index >= 15 is 0 Å². The van der Waals surface area contributed by atoms with Gasteiger partial charge in [-0.25, -0.2) is 0 Å². The van der Waals surface area contributed by atoms with Gasteiger partial charge in [-0.2, -0.15) is 0 Å². The van der Waals surface area contributed by atoms with E-state index in [9.17, 15) is 0 Å². The van der Waals surface area contributed by atoms with Crippen molar-refractivity contribution in [2.45, 2.75) is 33.1 Å². The van der Waals surface area contributed by atoms with Crippen LogP contribution in [0, 0.1) is 6.92 Å². The Morgan fingerprint density at radius 1 is 0.392 bits per heavy atom. The summed E-state index contributed by atoms with van der Waals surface area (Å²) in [6.07, 6.45) is 0. The molecule has 0 unspecified atom stereocenters. The monoisotopic (exact) mass is 653 g/mol. The Morgan fingerprint density at radius 3 is 1.37 bits per heavy atom. The van der Waals surface area contributed by atoms with E-state index in [1.165, 1.54) is 82.4 Å². The molecule has 51 heavy (non-hydrogen) atoms. The first-order valence-corrected chi connectivity index (χ1v) is 17.9. The van der Waals surface area contributed by atoms with E-state index in [-0.39, 0.29) is 5.41 Å². The van der Waals surface area contributed by atoms with Crippen molar-refractivity contribution in [3.8, 4) is 55.8 Å². The van der Waals surface area contributed by atoms with Crippen LogP contribution in [0.3, 0.4) is 0 Å². The predicted molar refractivity (Wildman–Crippen MR) is 219 cm³/mol. The van der Waals surface area contributed by atoms with E-state index in [4.69, 9.17) is 4.98 Å². The van der Waals surface area contributed by atoms with Gasteiger partial charge in [-0.3, -0.25) is 4.98 Å². The molecule has 0 aliphatic carbocycles. The van der Waals surface area contributed by atoms with Crippen LogP contribution in [0.2, 0.25) is 0 Å². The van der Waals surface area contributed by atoms with Gasteiger partial charge < -0.3 is 0 Å². The van der Waals surface area contributed by atoms with Crippen LogP contribution in [0.15, 0.2) is 164 Å². The third kappa shape index (κ3) is 5.56. The molecule has 9 aromatic rings. The van der Waals surface area contributed by atoms with Gasteiger partial charge >= 0.3 is 0 Å². The van der Waals surface area contributed by atoms with Gasteiger partial charge in [-0.1, -0.05) is 148 Å². The number of nitrogens with zero attached hydrogens (tertiary/aromatic N) is 1. The Morgan fingerprint density at radius 2 is 0.863 bits per heavy atom. The number of rotatable bonds is 5. The predicted octanol–water partition coefficient (Wildman–Crippen LogP) is 13.9. The standard InChI is InChI=1S/C50H39N/c1-32-24-40(30-47(51-32)35-18-12-7-13-19-35)45-31-46(41-26-38(33-14-8-5-9-15-33)25-39(27-41)34-16-10-6-11-17-34)44-23-21-37-29-42(50(2,3)4)28-36-20-22-43(45)49(44)48(36)37/h5-31H,1-4H3. The zero-order chi connectivity index (χ0) is 34.7. The van der Waals surface area contributed by atoms with Gasteiger partial charge in [-0.15, -0.1) is 0 Å². The van der Waals surface area contributed by atoms with Crippen LogP contribution in [-0.4, -0.2) is 4.98 Å². The smallest absolute Gasteiger partial charge is 0.0711 e. The van der Waals surface area contributed by atoms with Gasteiger partial charge in [0, 0.05) is 11.3 Å². The lowest BCUT2D eigenvalue weighted by Gasteiger charge is -2.23. The lowest BCUT2D eigenvalue weighted by Crippen LogP contribution is -2.10. The highest BCUT2D eigenvalue weighted by Gasteiger charge is 2.21. The van der Waals surface area contributed by atoms with Crippen molar-refractivity contribution in [3.63, 3.8) is 0 Å². The van der Waals surface area contributed by atoms with Gasteiger partial charge in [0.1, 0.15) is 0 Å². The number of hydrogen-bond acceptors (Lipinski definition) is 1. The molecule has 0 aliphatic heterocycles. The van der Waals surface area contributed by atoms with E-state index in [1.807, 2.05) is 0 Å². The minimum absolute atomic E-state index is 0.0505. The van der Waals surface area contributed by atoms with Crippen molar-refractivity contribution < 1.29 is 0 Å². The molecule has 0 aliphatic rings. The summed E-state index contributed by atoms with van der Waals surface area (Å²) >= 11 is 0. The van der Waals surface area contributed by atoms with Crippen molar-refractivity contribution >= 4 is 32.3 Å². The van der Waals surface area contributed by atoms with Crippen molar-refractivity contribution in [1.29, 1.82) is 0 Å². The molecule has 8 aromatic carbocycles. The van der Waals surface area contributed by atoms with Crippen LogP contribution in [0.4, 0.5) is 0 Å². The molecular weight excluding hydrogens is 615 g/mol. The average molecular weight is 654 g/mol. The third-order valence-corrected chi connectivity index (χ3v) is 10.4. The van der Waals surface area contributed by atoms with E-state index < -0.39 is 0 Å². The molecule has 9 rings (SSSR count). The van der Waals surface area contributed by atoms with Gasteiger partial charge in [0.15, 0.2) is 0 Å². The molecule has 0 fully saturated rings. The second-order valence-electron chi connectivity index (χ2n) is 14.9. The topological polar surface area (TPSA) is 12.9 Å². The van der Waals surface area contributed by atoms with Gasteiger partial charge in [-0.05, 0) is 131 Å². The summed E-state index contributed by atoms with van der Waals surface area (Å²) in [7, 11) is 0. The summed E-state index contributed by atoms with van der Waals surface area (Å²) in [6.45, 7) is 9.01. The van der Waals surface area contributed by atoms with Gasteiger partial charge in [0.25, 0.3) is 0 Å². The maximum absolute atomic E-state index is 4.99. The molecule has 0 N–H and O–H groups in total. The summed E-state index contributed by atoms with van der Waals surface area (Å²) in [5, 5.41) is 7.77. The number of pyridine rings is 1. The second kappa shape index (κ2) is 12.1. The van der Waals surface area contributed by atoms with Crippen LogP contribution in [0.1, 0.15) is 32.0 Å². The zero-order valence-electron chi connectivity index (χ0n) is 29.5. The van der Waals surface area contributed by atoms with Crippen molar-refractivity contribution in [3.05, 3.63) is 175 Å². The van der Waals surface area contributed by atoms with Crippen LogP contribution in [0.25, 0.3) is 88.1 Å². The second-order valence-corrected chi connectivity index (χ2v) is 14.9. The Balaban J connectivity index is 1.39. The normalized spacial score (nSPS) is 11.9. The average Bonchev–Trinajstić information content (AvgIpc) is 3.16. The number of benzene rings is 8. The minimum atomic E-state index is 0.0505. The molecule has 1 nitrogen and oxygen atoms in total. The fourth-order valence-electron chi connectivity index (χ4n) is 7.78. The molecule has 0 amide bonds. The Kier molecular flexibility index (Phi) is 7.33. The summed E-state index contributed by atoms with van der Waals surface area (Å²) in [6, 6.07) is 60.3. The van der Waals surface area contributed by atoms with Crippen LogP contribution >= 0.6 is 0 Å². The molecule has 244 valence electrons. The molecule has 1 heteroatoms. The quantitative estimate of drug-likeness (QED) is 0.168. The highest BCUT2D eigenvalue weighted by molar-refractivity contribution is 6.28. The maximum Gasteiger partial charge on any atom is 0.0711 e. The van der Waals surface area contributed by atoms with E-state index in [0.717, 1.165) is 17.0 Å². The van der Waals surface area contributed by atoms with Crippen molar-refractivity contribution in [2.24, 2.45) is 0 Å². The largest absolute Gasteiger partial charge is 0.253 e. The third-order valence-electron chi connectivity index (χ3n) is 10.4. The number of aryl methyl sites for hydroxylation is 1. The van der Waals surface area contributed by atoms with Gasteiger partial charge in [0.2, 0.25) is 0 Å². The molecule has 0 spiro atoms. The number of aromatic nitrogens is 1. The van der Waals surface area contributed by atoms with E-state index in [2.05, 4.69) is 191 Å². The minimum Gasteiger partial charge on any atom is -0.253 e. The Labute approximate surface area is 300 Å². The van der Waals surface area contributed by atoms with Crippen LogP contribution < -0.4 is 0 Å². The fraction of sp³-hybridized carbons (Fsp3) is 0.100. The maximum atomic E-state index is 4.99. The molecule has 0 saturated carbocycles. The summed E-state index contributed by atoms with van der Waals surface area (Å²) in [5.74, 6) is 0. The molecule has 1 heterocycles. The lowest BCUT2D eigenvalue weighted by molar-refractivity contribution is 0.591. The highest BCUT2D eigenvalue weighted by atomic mass is 14.7. The SMILES string of the molecule is Cc1cc(-c2cc(-c3cc(-c4ccccc4)cc(-c4ccccc4)c3)c3ccc4cc(C(C)(C)C)cc5ccc2c3c45)cc(-c2ccccc2)n1. The molecular formula is C50H39N. The Bertz CT molecular complexity index is 2620. The molecule has 1 aromatic heterocycles. The van der Waals surface area contributed by atoms with Crippen molar-refractivity contribution in [2.75, 3.05) is 0 Å². The van der Waals surface area contributed by atoms with Crippen molar-refractivity contribution in [1.82, 2.24) is 4.98 Å². The van der Waals surface area contributed by atoms with E-state index in [1.54, 1.807) is 0 Å². The molecule has 0 radical (unpaired) electrons. The lowest BCUT2D eigenvalue weighted by atomic mass is 9.81. The first kappa shape index (κ1) is 31.0. The molecule has 0 atom stereocenters. The van der Waals surface area contributed by atoms with Gasteiger partial charge in [0.05, 0.1) is 5.69 Å². The van der Waals surface area contributed by atoms with Crippen LogP contribution in [0.5, 0.6) is 0 Å². The number of hydrogen-bond donors (Lipinski definition) is 0. The molecule has 0 saturated heterocycles. The first-order chi connectivity index (χ1) is 24.8. The molecule has 0 bridgehead atoms. The zero-order valence-corrected chi connectivity index (χ0v) is 29.5.